The van der Waals surface area contributed by atoms with Crippen molar-refractivity contribution in [3.63, 3.8) is 0 Å². The number of para-hydroxylation sites is 1. The molecule has 0 spiro atoms. The molecule has 1 atom stereocenters. The van der Waals surface area contributed by atoms with E-state index in [1.807, 2.05) is 0 Å². The van der Waals surface area contributed by atoms with Crippen molar-refractivity contribution < 1.29 is 19.1 Å². The molecule has 2 aliphatic rings. The number of hydrogen-bond donors (Lipinski definition) is 3. The van der Waals surface area contributed by atoms with Crippen LogP contribution >= 0.6 is 0 Å². The van der Waals surface area contributed by atoms with Gasteiger partial charge in [0.1, 0.15) is 6.04 Å². The highest BCUT2D eigenvalue weighted by molar-refractivity contribution is 6.09. The van der Waals surface area contributed by atoms with Crippen molar-refractivity contribution in [1.29, 1.82) is 0 Å². The molecule has 1 aromatic carbocycles. The maximum atomic E-state index is 12.3. The van der Waals surface area contributed by atoms with Gasteiger partial charge in [0.25, 0.3) is 5.91 Å². The van der Waals surface area contributed by atoms with Crippen LogP contribution in [0.15, 0.2) is 24.3 Å². The minimum atomic E-state index is -0.714. The number of anilines is 1. The zero-order chi connectivity index (χ0) is 17.6. The summed E-state index contributed by atoms with van der Waals surface area (Å²) in [4.78, 5) is 36.5. The predicted octanol–water partition coefficient (Wildman–Crippen LogP) is 1.06. The Bertz CT molecular complexity index is 655. The van der Waals surface area contributed by atoms with E-state index in [2.05, 4.69) is 16.0 Å². The lowest BCUT2D eigenvalue weighted by Gasteiger charge is -2.22. The smallest absolute Gasteiger partial charge is 0.254 e. The van der Waals surface area contributed by atoms with Crippen LogP contribution in [0.25, 0.3) is 0 Å². The molecule has 1 fully saturated rings. The molecular weight excluding hydrogens is 322 g/mol. The lowest BCUT2D eigenvalue weighted by molar-refractivity contribution is -0.122. The highest BCUT2D eigenvalue weighted by atomic mass is 16.5. The summed E-state index contributed by atoms with van der Waals surface area (Å²) in [6, 6.07) is 6.14. The molecule has 3 amide bonds. The number of hydrogen-bond acceptors (Lipinski definition) is 4. The van der Waals surface area contributed by atoms with Crippen LogP contribution in [0.5, 0.6) is 0 Å². The Kier molecular flexibility index (Phi) is 5.65. The number of carbonyl (C=O) groups is 3. The van der Waals surface area contributed by atoms with Crippen LogP contribution in [-0.2, 0) is 14.3 Å². The first-order chi connectivity index (χ1) is 12.1. The standard InChI is InChI=1S/C18H23N3O4/c22-16(19-11-12-7-9-25-10-8-12)6-5-15-18(24)20-14-4-2-1-3-13(14)17(23)21-15/h1-4,12,15H,5-11H2,(H,19,22)(H,20,24)(H,21,23)/t15-/m1/s1. The molecule has 7 nitrogen and oxygen atoms in total. The topological polar surface area (TPSA) is 96.5 Å². The van der Waals surface area contributed by atoms with Gasteiger partial charge in [-0.25, -0.2) is 0 Å². The molecule has 0 aliphatic carbocycles. The Hall–Kier alpha value is -2.41. The van der Waals surface area contributed by atoms with Gasteiger partial charge in [0.2, 0.25) is 11.8 Å². The van der Waals surface area contributed by atoms with Crippen molar-refractivity contribution in [2.45, 2.75) is 31.7 Å². The van der Waals surface area contributed by atoms with Crippen molar-refractivity contribution in [1.82, 2.24) is 10.6 Å². The van der Waals surface area contributed by atoms with Crippen molar-refractivity contribution in [3.05, 3.63) is 29.8 Å². The number of ether oxygens (including phenoxy) is 1. The first-order valence-corrected chi connectivity index (χ1v) is 8.68. The van der Waals surface area contributed by atoms with Crippen LogP contribution in [0, 0.1) is 5.92 Å². The maximum absolute atomic E-state index is 12.3. The van der Waals surface area contributed by atoms with Gasteiger partial charge in [0.15, 0.2) is 0 Å². The Morgan fingerprint density at radius 2 is 1.96 bits per heavy atom. The second kappa shape index (κ2) is 8.11. The Morgan fingerprint density at radius 1 is 1.20 bits per heavy atom. The third-order valence-electron chi connectivity index (χ3n) is 4.64. The number of nitrogens with one attached hydrogen (secondary N) is 3. The zero-order valence-corrected chi connectivity index (χ0v) is 14.0. The summed E-state index contributed by atoms with van der Waals surface area (Å²) < 4.78 is 5.30. The van der Waals surface area contributed by atoms with E-state index in [4.69, 9.17) is 4.74 Å². The van der Waals surface area contributed by atoms with E-state index in [1.165, 1.54) is 0 Å². The molecule has 0 saturated carbocycles. The van der Waals surface area contributed by atoms with Crippen LogP contribution in [-0.4, -0.2) is 43.5 Å². The molecule has 25 heavy (non-hydrogen) atoms. The normalized spacial score (nSPS) is 20.9. The molecule has 0 aromatic heterocycles. The minimum Gasteiger partial charge on any atom is -0.381 e. The average molecular weight is 345 g/mol. The van der Waals surface area contributed by atoms with E-state index in [0.29, 0.717) is 23.7 Å². The van der Waals surface area contributed by atoms with Crippen molar-refractivity contribution in [3.8, 4) is 0 Å². The van der Waals surface area contributed by atoms with Crippen LogP contribution in [0.1, 0.15) is 36.0 Å². The monoisotopic (exact) mass is 345 g/mol. The molecular formula is C18H23N3O4. The molecule has 2 heterocycles. The summed E-state index contributed by atoms with van der Waals surface area (Å²) in [7, 11) is 0. The lowest BCUT2D eigenvalue weighted by Crippen LogP contribution is -2.42. The fourth-order valence-corrected chi connectivity index (χ4v) is 3.09. The van der Waals surface area contributed by atoms with Crippen LogP contribution in [0.2, 0.25) is 0 Å². The summed E-state index contributed by atoms with van der Waals surface area (Å²) in [5.74, 6) is -0.250. The van der Waals surface area contributed by atoms with Crippen LogP contribution < -0.4 is 16.0 Å². The predicted molar refractivity (Wildman–Crippen MR) is 92.1 cm³/mol. The van der Waals surface area contributed by atoms with Gasteiger partial charge in [0.05, 0.1) is 11.3 Å². The number of amides is 3. The van der Waals surface area contributed by atoms with Crippen molar-refractivity contribution >= 4 is 23.4 Å². The van der Waals surface area contributed by atoms with Gasteiger partial charge >= 0.3 is 0 Å². The molecule has 0 radical (unpaired) electrons. The Morgan fingerprint density at radius 3 is 2.76 bits per heavy atom. The molecule has 1 aromatic rings. The maximum Gasteiger partial charge on any atom is 0.254 e. The molecule has 0 bridgehead atoms. The average Bonchev–Trinajstić information content (AvgIpc) is 2.75. The van der Waals surface area contributed by atoms with Gasteiger partial charge in [0, 0.05) is 26.2 Å². The molecule has 2 aliphatic heterocycles. The third kappa shape index (κ3) is 4.57. The van der Waals surface area contributed by atoms with E-state index in [-0.39, 0.29) is 30.6 Å². The first-order valence-electron chi connectivity index (χ1n) is 8.68. The molecule has 134 valence electrons. The highest BCUT2D eigenvalue weighted by Crippen LogP contribution is 2.19. The van der Waals surface area contributed by atoms with Crippen molar-refractivity contribution in [2.24, 2.45) is 5.92 Å². The van der Waals surface area contributed by atoms with E-state index >= 15 is 0 Å². The second-order valence-corrected chi connectivity index (χ2v) is 6.46. The fourth-order valence-electron chi connectivity index (χ4n) is 3.09. The van der Waals surface area contributed by atoms with Gasteiger partial charge in [-0.1, -0.05) is 12.1 Å². The van der Waals surface area contributed by atoms with Gasteiger partial charge in [-0.05, 0) is 37.3 Å². The third-order valence-corrected chi connectivity index (χ3v) is 4.64. The number of benzene rings is 1. The summed E-state index contributed by atoms with van der Waals surface area (Å²) in [6.45, 7) is 2.13. The molecule has 0 unspecified atom stereocenters. The van der Waals surface area contributed by atoms with E-state index in [0.717, 1.165) is 26.1 Å². The van der Waals surface area contributed by atoms with E-state index in [1.54, 1.807) is 24.3 Å². The van der Waals surface area contributed by atoms with Gasteiger partial charge in [-0.3, -0.25) is 14.4 Å². The summed E-state index contributed by atoms with van der Waals surface area (Å²) in [5.41, 5.74) is 0.929. The van der Waals surface area contributed by atoms with Gasteiger partial charge < -0.3 is 20.7 Å². The zero-order valence-electron chi connectivity index (χ0n) is 14.0. The van der Waals surface area contributed by atoms with Gasteiger partial charge in [-0.2, -0.15) is 0 Å². The fraction of sp³-hybridized carbons (Fsp3) is 0.500. The number of fused-ring (bicyclic) bond motifs is 1. The quantitative estimate of drug-likeness (QED) is 0.743. The van der Waals surface area contributed by atoms with Crippen molar-refractivity contribution in [2.75, 3.05) is 25.1 Å². The molecule has 7 heteroatoms. The Labute approximate surface area is 146 Å². The summed E-state index contributed by atoms with van der Waals surface area (Å²) >= 11 is 0. The Balaban J connectivity index is 1.48. The summed E-state index contributed by atoms with van der Waals surface area (Å²) in [5, 5.41) is 8.35. The largest absolute Gasteiger partial charge is 0.381 e. The SMILES string of the molecule is O=C(CC[C@H]1NC(=O)c2ccccc2NC1=O)NCC1CCOCC1. The number of carbonyl (C=O) groups excluding carboxylic acids is 3. The minimum absolute atomic E-state index is 0.102. The molecule has 1 saturated heterocycles. The highest BCUT2D eigenvalue weighted by Gasteiger charge is 2.27. The van der Waals surface area contributed by atoms with Gasteiger partial charge in [-0.15, -0.1) is 0 Å². The number of rotatable bonds is 5. The molecule has 3 N–H and O–H groups in total. The van der Waals surface area contributed by atoms with E-state index in [9.17, 15) is 14.4 Å². The first kappa shape index (κ1) is 17.4. The lowest BCUT2D eigenvalue weighted by atomic mass is 10.0. The second-order valence-electron chi connectivity index (χ2n) is 6.46. The molecule has 3 rings (SSSR count). The van der Waals surface area contributed by atoms with E-state index < -0.39 is 6.04 Å². The summed E-state index contributed by atoms with van der Waals surface area (Å²) in [6.07, 6.45) is 2.38. The van der Waals surface area contributed by atoms with Crippen LogP contribution in [0.3, 0.4) is 0 Å². The van der Waals surface area contributed by atoms with Crippen LogP contribution in [0.4, 0.5) is 5.69 Å².